The van der Waals surface area contributed by atoms with Gasteiger partial charge in [0.15, 0.2) is 17.4 Å². The molecule has 2 saturated heterocycles. The molecule has 0 radical (unpaired) electrons. The molecule has 3 amide bonds. The van der Waals surface area contributed by atoms with Crippen molar-refractivity contribution in [3.05, 3.63) is 64.6 Å². The maximum atomic E-state index is 14.6. The van der Waals surface area contributed by atoms with Gasteiger partial charge >= 0.3 is 0 Å². The second kappa shape index (κ2) is 14.3. The van der Waals surface area contributed by atoms with Crippen molar-refractivity contribution in [2.45, 2.75) is 18.9 Å². The first-order valence-electron chi connectivity index (χ1n) is 13.6. The second-order valence-electron chi connectivity index (χ2n) is 10.2. The van der Waals surface area contributed by atoms with Gasteiger partial charge in [-0.2, -0.15) is 4.39 Å². The number of methoxy groups -OCH3 is 1. The number of nitrogens with one attached hydrogen (secondary N) is 3. The highest BCUT2D eigenvalue weighted by Crippen LogP contribution is 2.30. The largest absolute Gasteiger partial charge is 0.494 e. The molecule has 1 aromatic heterocycles. The zero-order valence-corrected chi connectivity index (χ0v) is 24.7. The molecule has 0 bridgehead atoms. The predicted octanol–water partition coefficient (Wildman–Crippen LogP) is 2.92. The molecule has 4 N–H and O–H groups in total. The number of ether oxygens (including phenoxy) is 1. The number of nitrogens with zero attached hydrogens (tertiary/aromatic N) is 3. The summed E-state index contributed by atoms with van der Waals surface area (Å²) in [6.07, 6.45) is 2.88. The third kappa shape index (κ3) is 6.97. The number of imidazole rings is 1. The lowest BCUT2D eigenvalue weighted by Crippen LogP contribution is -2.61. The number of hydrogen-bond donors (Lipinski definition) is 4. The molecule has 0 atom stereocenters. The van der Waals surface area contributed by atoms with Gasteiger partial charge in [0.1, 0.15) is 0 Å². The van der Waals surface area contributed by atoms with Gasteiger partial charge in [-0.25, -0.2) is 9.37 Å². The lowest BCUT2D eigenvalue weighted by molar-refractivity contribution is -0.127. The van der Waals surface area contributed by atoms with Gasteiger partial charge in [0.05, 0.1) is 35.6 Å². The van der Waals surface area contributed by atoms with Crippen molar-refractivity contribution in [1.29, 1.82) is 0 Å². The summed E-state index contributed by atoms with van der Waals surface area (Å²) in [4.78, 5) is 52.4. The molecule has 15 heteroatoms. The van der Waals surface area contributed by atoms with E-state index in [9.17, 15) is 23.2 Å². The standard InChI is InChI=1S/C28H29ClF2N6O4.CH2O2/c1-36-21(19-5-6-22(41-2)24(31)23(19)30)12-33-25(36)27(39)34-16-3-4-18(20(29)11-16)28(40)37-13-17(14-37)35-26(38)15-7-9-32-10-8-15;2-1-3/h3-6,11-12,15,17,32H,7-10,13-14H2,1-2H3,(H,34,39)(H,35,38);1H,(H,2,3). The third-order valence-corrected chi connectivity index (χ3v) is 7.73. The van der Waals surface area contributed by atoms with Gasteiger partial charge in [-0.3, -0.25) is 19.2 Å². The van der Waals surface area contributed by atoms with E-state index in [1.54, 1.807) is 4.90 Å². The lowest BCUT2D eigenvalue weighted by Gasteiger charge is -2.40. The van der Waals surface area contributed by atoms with Crippen LogP contribution in [-0.2, 0) is 16.6 Å². The Hall–Kier alpha value is -4.56. The highest BCUT2D eigenvalue weighted by molar-refractivity contribution is 6.34. The lowest BCUT2D eigenvalue weighted by atomic mass is 9.96. The maximum absolute atomic E-state index is 14.6. The van der Waals surface area contributed by atoms with Crippen LogP contribution in [0, 0.1) is 17.6 Å². The van der Waals surface area contributed by atoms with E-state index in [2.05, 4.69) is 20.9 Å². The minimum absolute atomic E-state index is 0.00200. The molecule has 5 rings (SSSR count). The Morgan fingerprint density at radius 2 is 1.82 bits per heavy atom. The average Bonchev–Trinajstić information content (AvgIpc) is 3.37. The smallest absolute Gasteiger partial charge is 0.291 e. The SMILES string of the molecule is COc1ccc(-c2cnc(C(=O)Nc3ccc(C(=O)N4CC(NC(=O)C5CCNCC5)C4)c(Cl)c3)n2C)c(F)c1F.O=CO. The first-order valence-corrected chi connectivity index (χ1v) is 14.0. The Morgan fingerprint density at radius 1 is 1.14 bits per heavy atom. The summed E-state index contributed by atoms with van der Waals surface area (Å²) in [5.41, 5.74) is 0.692. The highest BCUT2D eigenvalue weighted by Gasteiger charge is 2.34. The van der Waals surface area contributed by atoms with Crippen LogP contribution in [0.3, 0.4) is 0 Å². The Morgan fingerprint density at radius 3 is 2.45 bits per heavy atom. The van der Waals surface area contributed by atoms with Gasteiger partial charge in [0, 0.05) is 37.3 Å². The number of piperidine rings is 1. The van der Waals surface area contributed by atoms with Crippen molar-refractivity contribution in [2.75, 3.05) is 38.6 Å². The fourth-order valence-corrected chi connectivity index (χ4v) is 5.28. The van der Waals surface area contributed by atoms with E-state index in [1.807, 2.05) is 0 Å². The molecule has 234 valence electrons. The molecule has 3 heterocycles. The summed E-state index contributed by atoms with van der Waals surface area (Å²) in [7, 11) is 2.74. The minimum Gasteiger partial charge on any atom is -0.494 e. The molecule has 2 fully saturated rings. The second-order valence-corrected chi connectivity index (χ2v) is 10.6. The van der Waals surface area contributed by atoms with Crippen molar-refractivity contribution >= 4 is 41.5 Å². The number of anilines is 1. The van der Waals surface area contributed by atoms with Crippen LogP contribution < -0.4 is 20.7 Å². The van der Waals surface area contributed by atoms with Crippen molar-refractivity contribution in [2.24, 2.45) is 13.0 Å². The Balaban J connectivity index is 0.00000141. The van der Waals surface area contributed by atoms with Gasteiger partial charge in [-0.15, -0.1) is 0 Å². The summed E-state index contributed by atoms with van der Waals surface area (Å²) < 4.78 is 34.9. The number of aromatic nitrogens is 2. The van der Waals surface area contributed by atoms with Crippen LogP contribution in [0.25, 0.3) is 11.3 Å². The van der Waals surface area contributed by atoms with Crippen molar-refractivity contribution in [3.63, 3.8) is 0 Å². The van der Waals surface area contributed by atoms with Crippen LogP contribution >= 0.6 is 11.6 Å². The Bertz CT molecular complexity index is 1560. The molecule has 44 heavy (non-hydrogen) atoms. The van der Waals surface area contributed by atoms with E-state index < -0.39 is 17.5 Å². The van der Waals surface area contributed by atoms with Crippen LogP contribution in [0.2, 0.25) is 5.02 Å². The van der Waals surface area contributed by atoms with E-state index >= 15 is 0 Å². The molecule has 0 spiro atoms. The molecule has 12 nitrogen and oxygen atoms in total. The molecule has 0 aliphatic carbocycles. The third-order valence-electron chi connectivity index (χ3n) is 7.42. The predicted molar refractivity (Wildman–Crippen MR) is 157 cm³/mol. The number of hydrogen-bond acceptors (Lipinski definition) is 7. The zero-order valence-electron chi connectivity index (χ0n) is 23.9. The molecule has 2 aromatic carbocycles. The molecular weight excluding hydrogens is 602 g/mol. The summed E-state index contributed by atoms with van der Waals surface area (Å²) in [5.74, 6) is -3.41. The number of carboxylic acid groups (broad SMARTS) is 1. The fourth-order valence-electron chi connectivity index (χ4n) is 5.02. The maximum Gasteiger partial charge on any atom is 0.291 e. The van der Waals surface area contributed by atoms with Gasteiger partial charge in [-0.05, 0) is 56.3 Å². The molecule has 3 aromatic rings. The number of carbonyl (C=O) groups is 4. The average molecular weight is 633 g/mol. The van der Waals surface area contributed by atoms with E-state index in [0.717, 1.165) is 25.9 Å². The van der Waals surface area contributed by atoms with E-state index in [4.69, 9.17) is 26.2 Å². The van der Waals surface area contributed by atoms with Crippen LogP contribution in [-0.4, -0.2) is 83.1 Å². The zero-order chi connectivity index (χ0) is 32.0. The normalized spacial score (nSPS) is 15.0. The van der Waals surface area contributed by atoms with Gasteiger partial charge in [-0.1, -0.05) is 11.6 Å². The highest BCUT2D eigenvalue weighted by atomic mass is 35.5. The summed E-state index contributed by atoms with van der Waals surface area (Å²) in [6.45, 7) is 2.20. The molecule has 0 unspecified atom stereocenters. The first kappa shape index (κ1) is 32.4. The van der Waals surface area contributed by atoms with Crippen LogP contribution in [0.15, 0.2) is 36.5 Å². The van der Waals surface area contributed by atoms with Crippen molar-refractivity contribution < 1.29 is 37.8 Å². The van der Waals surface area contributed by atoms with Gasteiger partial charge in [0.2, 0.25) is 11.7 Å². The van der Waals surface area contributed by atoms with E-state index in [1.165, 1.54) is 55.3 Å². The summed E-state index contributed by atoms with van der Waals surface area (Å²) in [6, 6.07) is 7.04. The first-order chi connectivity index (χ1) is 21.1. The number of benzene rings is 2. The Kier molecular flexibility index (Phi) is 10.5. The molecule has 2 aliphatic heterocycles. The number of rotatable bonds is 7. The monoisotopic (exact) mass is 632 g/mol. The van der Waals surface area contributed by atoms with Crippen molar-refractivity contribution in [1.82, 2.24) is 25.1 Å². The quantitative estimate of drug-likeness (QED) is 0.290. The van der Waals surface area contributed by atoms with E-state index in [0.29, 0.717) is 18.8 Å². The van der Waals surface area contributed by atoms with Crippen LogP contribution in [0.4, 0.5) is 14.5 Å². The van der Waals surface area contributed by atoms with E-state index in [-0.39, 0.29) is 63.7 Å². The topological polar surface area (TPSA) is 155 Å². The minimum atomic E-state index is -1.14. The number of halogens is 3. The van der Waals surface area contributed by atoms with Crippen LogP contribution in [0.5, 0.6) is 5.75 Å². The van der Waals surface area contributed by atoms with Crippen molar-refractivity contribution in [3.8, 4) is 17.0 Å². The van der Waals surface area contributed by atoms with Crippen LogP contribution in [0.1, 0.15) is 33.8 Å². The number of carbonyl (C=O) groups excluding carboxylic acids is 3. The van der Waals surface area contributed by atoms with Gasteiger partial charge in [0.25, 0.3) is 18.3 Å². The molecule has 0 saturated carbocycles. The number of amides is 3. The summed E-state index contributed by atoms with van der Waals surface area (Å²) in [5, 5.41) is 15.9. The van der Waals surface area contributed by atoms with Gasteiger partial charge < -0.3 is 35.3 Å². The molecule has 2 aliphatic rings. The number of likely N-dealkylation sites (tertiary alicyclic amines) is 1. The fraction of sp³-hybridized carbons (Fsp3) is 0.345. The Labute approximate surface area is 256 Å². The molecular formula is C29H31ClF2N6O6. The summed E-state index contributed by atoms with van der Waals surface area (Å²) >= 11 is 6.39.